The van der Waals surface area contributed by atoms with Gasteiger partial charge in [-0.1, -0.05) is 32.9 Å². The number of ketones is 1. The third-order valence-electron chi connectivity index (χ3n) is 6.07. The van der Waals surface area contributed by atoms with Crippen molar-refractivity contribution in [3.05, 3.63) is 71.0 Å². The van der Waals surface area contributed by atoms with Crippen LogP contribution in [0.15, 0.2) is 54.1 Å². The molecule has 6 nitrogen and oxygen atoms in total. The molecule has 3 rings (SSSR count). The highest BCUT2D eigenvalue weighted by Crippen LogP contribution is 2.40. The SMILES string of the molecule is CCCOc1cccc([C@H]2C(=C(O)c3ccc(F)cc3)C(=O)C(=O)N2CCCN(CC)CC)c1. The average molecular weight is 469 g/mol. The summed E-state index contributed by atoms with van der Waals surface area (Å²) in [6.45, 7) is 9.69. The zero-order valence-corrected chi connectivity index (χ0v) is 20.1. The maximum absolute atomic E-state index is 13.4. The highest BCUT2D eigenvalue weighted by molar-refractivity contribution is 6.46. The average Bonchev–Trinajstić information content (AvgIpc) is 3.10. The van der Waals surface area contributed by atoms with Gasteiger partial charge >= 0.3 is 0 Å². The second-order valence-electron chi connectivity index (χ2n) is 8.30. The summed E-state index contributed by atoms with van der Waals surface area (Å²) in [6.07, 6.45) is 1.53. The first-order chi connectivity index (χ1) is 16.4. The Hall–Kier alpha value is -3.19. The van der Waals surface area contributed by atoms with Gasteiger partial charge in [0.15, 0.2) is 0 Å². The molecule has 34 heavy (non-hydrogen) atoms. The Labute approximate surface area is 200 Å². The van der Waals surface area contributed by atoms with Gasteiger partial charge in [-0.2, -0.15) is 0 Å². The van der Waals surface area contributed by atoms with Crippen LogP contribution in [0.3, 0.4) is 0 Å². The molecule has 1 heterocycles. The van der Waals surface area contributed by atoms with E-state index in [4.69, 9.17) is 4.74 Å². The molecule has 182 valence electrons. The van der Waals surface area contributed by atoms with Crippen molar-refractivity contribution in [2.75, 3.05) is 32.8 Å². The summed E-state index contributed by atoms with van der Waals surface area (Å²) in [5.41, 5.74) is 0.970. The van der Waals surface area contributed by atoms with Gasteiger partial charge in [0.25, 0.3) is 11.7 Å². The minimum absolute atomic E-state index is 0.00656. The third-order valence-corrected chi connectivity index (χ3v) is 6.07. The zero-order valence-electron chi connectivity index (χ0n) is 20.1. The maximum atomic E-state index is 13.4. The van der Waals surface area contributed by atoms with Crippen LogP contribution < -0.4 is 4.74 Å². The molecule has 1 atom stereocenters. The van der Waals surface area contributed by atoms with Crippen molar-refractivity contribution >= 4 is 17.4 Å². The van der Waals surface area contributed by atoms with Gasteiger partial charge in [0.1, 0.15) is 17.3 Å². The second kappa shape index (κ2) is 11.8. The Balaban J connectivity index is 2.03. The number of hydrogen-bond acceptors (Lipinski definition) is 5. The number of Topliss-reactive ketones (excluding diaryl/α,β-unsaturated/α-hetero) is 1. The first-order valence-corrected chi connectivity index (χ1v) is 11.9. The van der Waals surface area contributed by atoms with Gasteiger partial charge < -0.3 is 19.6 Å². The van der Waals surface area contributed by atoms with Crippen LogP contribution in [-0.4, -0.2) is 59.4 Å². The van der Waals surface area contributed by atoms with Crippen LogP contribution in [0.25, 0.3) is 5.76 Å². The topological polar surface area (TPSA) is 70.1 Å². The molecule has 1 aliphatic heterocycles. The van der Waals surface area contributed by atoms with Crippen LogP contribution in [0.4, 0.5) is 4.39 Å². The van der Waals surface area contributed by atoms with E-state index in [9.17, 15) is 19.1 Å². The Bertz CT molecular complexity index is 1030. The Morgan fingerprint density at radius 3 is 2.44 bits per heavy atom. The summed E-state index contributed by atoms with van der Waals surface area (Å²) in [4.78, 5) is 30.0. The lowest BCUT2D eigenvalue weighted by atomic mass is 9.95. The normalized spacial score (nSPS) is 17.6. The van der Waals surface area contributed by atoms with E-state index < -0.39 is 23.5 Å². The molecule has 0 radical (unpaired) electrons. The molecule has 1 aliphatic rings. The van der Waals surface area contributed by atoms with Crippen molar-refractivity contribution in [3.8, 4) is 5.75 Å². The van der Waals surface area contributed by atoms with Crippen molar-refractivity contribution in [2.45, 2.75) is 39.7 Å². The number of aliphatic hydroxyl groups is 1. The van der Waals surface area contributed by atoms with Gasteiger partial charge in [-0.25, -0.2) is 4.39 Å². The van der Waals surface area contributed by atoms with Gasteiger partial charge in [-0.05, 0) is 74.4 Å². The largest absolute Gasteiger partial charge is 0.507 e. The van der Waals surface area contributed by atoms with Crippen LogP contribution >= 0.6 is 0 Å². The summed E-state index contributed by atoms with van der Waals surface area (Å²) in [7, 11) is 0. The van der Waals surface area contributed by atoms with E-state index in [1.54, 1.807) is 0 Å². The van der Waals surface area contributed by atoms with Crippen LogP contribution in [0, 0.1) is 5.82 Å². The van der Waals surface area contributed by atoms with Crippen molar-refractivity contribution in [1.82, 2.24) is 9.80 Å². The highest BCUT2D eigenvalue weighted by Gasteiger charge is 2.45. The molecule has 0 unspecified atom stereocenters. The lowest BCUT2D eigenvalue weighted by Gasteiger charge is -2.27. The minimum atomic E-state index is -0.757. The lowest BCUT2D eigenvalue weighted by molar-refractivity contribution is -0.140. The van der Waals surface area contributed by atoms with Crippen molar-refractivity contribution in [2.24, 2.45) is 0 Å². The number of ether oxygens (including phenoxy) is 1. The van der Waals surface area contributed by atoms with E-state index in [2.05, 4.69) is 18.7 Å². The predicted octanol–water partition coefficient (Wildman–Crippen LogP) is 4.77. The number of nitrogens with zero attached hydrogens (tertiary/aromatic N) is 2. The third kappa shape index (κ3) is 5.65. The number of aliphatic hydroxyl groups excluding tert-OH is 1. The van der Waals surface area contributed by atoms with E-state index >= 15 is 0 Å². The standard InChI is InChI=1S/C27H33FN2O4/c1-4-17-34-22-10-7-9-20(18-22)24-23(25(31)19-11-13-21(28)14-12-19)26(32)27(33)30(24)16-8-15-29(5-2)6-3/h7,9-14,18,24,31H,4-6,8,15-17H2,1-3H3/t24-/m0/s1. The van der Waals surface area contributed by atoms with E-state index in [1.165, 1.54) is 29.2 Å². The molecule has 2 aromatic rings. The maximum Gasteiger partial charge on any atom is 0.295 e. The van der Waals surface area contributed by atoms with E-state index in [0.717, 1.165) is 26.1 Å². The van der Waals surface area contributed by atoms with Gasteiger partial charge in [0, 0.05) is 12.1 Å². The van der Waals surface area contributed by atoms with Gasteiger partial charge in [-0.3, -0.25) is 9.59 Å². The molecule has 1 amide bonds. The first kappa shape index (κ1) is 25.4. The summed E-state index contributed by atoms with van der Waals surface area (Å²) < 4.78 is 19.2. The van der Waals surface area contributed by atoms with Gasteiger partial charge in [-0.15, -0.1) is 0 Å². The molecular formula is C27H33FN2O4. The molecule has 1 saturated heterocycles. The van der Waals surface area contributed by atoms with Crippen LogP contribution in [0.5, 0.6) is 5.75 Å². The second-order valence-corrected chi connectivity index (χ2v) is 8.30. The Kier molecular flexibility index (Phi) is 8.82. The number of halogens is 1. The zero-order chi connectivity index (χ0) is 24.7. The molecular weight excluding hydrogens is 435 g/mol. The molecule has 7 heteroatoms. The van der Waals surface area contributed by atoms with E-state index in [1.807, 2.05) is 31.2 Å². The molecule has 0 aromatic heterocycles. The molecule has 0 spiro atoms. The van der Waals surface area contributed by atoms with E-state index in [0.29, 0.717) is 30.9 Å². The fourth-order valence-corrected chi connectivity index (χ4v) is 4.22. The number of likely N-dealkylation sites (tertiary alicyclic amines) is 1. The number of carbonyl (C=O) groups excluding carboxylic acids is 2. The van der Waals surface area contributed by atoms with Crippen molar-refractivity contribution in [3.63, 3.8) is 0 Å². The summed E-state index contributed by atoms with van der Waals surface area (Å²) in [5.74, 6) is -1.52. The molecule has 1 N–H and O–H groups in total. The summed E-state index contributed by atoms with van der Waals surface area (Å²) >= 11 is 0. The quantitative estimate of drug-likeness (QED) is 0.292. The molecule has 1 fully saturated rings. The van der Waals surface area contributed by atoms with Gasteiger partial charge in [0.2, 0.25) is 0 Å². The summed E-state index contributed by atoms with van der Waals surface area (Å²) in [5, 5.41) is 11.1. The molecule has 0 saturated carbocycles. The summed E-state index contributed by atoms with van der Waals surface area (Å²) in [6, 6.07) is 11.7. The van der Waals surface area contributed by atoms with Crippen LogP contribution in [0.2, 0.25) is 0 Å². The first-order valence-electron chi connectivity index (χ1n) is 11.9. The molecule has 0 aliphatic carbocycles. The monoisotopic (exact) mass is 468 g/mol. The van der Waals surface area contributed by atoms with Gasteiger partial charge in [0.05, 0.1) is 18.2 Å². The number of carbonyl (C=O) groups is 2. The van der Waals surface area contributed by atoms with Crippen molar-refractivity contribution < 1.29 is 23.8 Å². The Morgan fingerprint density at radius 2 is 1.79 bits per heavy atom. The number of hydrogen-bond donors (Lipinski definition) is 1. The number of benzene rings is 2. The lowest BCUT2D eigenvalue weighted by Crippen LogP contribution is -2.33. The molecule has 2 aromatic carbocycles. The number of amides is 1. The number of rotatable bonds is 11. The minimum Gasteiger partial charge on any atom is -0.507 e. The fraction of sp³-hybridized carbons (Fsp3) is 0.407. The molecule has 0 bridgehead atoms. The van der Waals surface area contributed by atoms with E-state index in [-0.39, 0.29) is 16.9 Å². The smallest absolute Gasteiger partial charge is 0.295 e. The Morgan fingerprint density at radius 1 is 1.09 bits per heavy atom. The highest BCUT2D eigenvalue weighted by atomic mass is 19.1. The van der Waals surface area contributed by atoms with Crippen LogP contribution in [0.1, 0.15) is 50.8 Å². The fourth-order valence-electron chi connectivity index (χ4n) is 4.22. The van der Waals surface area contributed by atoms with Crippen molar-refractivity contribution in [1.29, 1.82) is 0 Å². The predicted molar refractivity (Wildman–Crippen MR) is 130 cm³/mol. The van der Waals surface area contributed by atoms with Crippen LogP contribution in [-0.2, 0) is 9.59 Å².